The van der Waals surface area contributed by atoms with Crippen molar-refractivity contribution in [1.82, 2.24) is 20.0 Å². The molecule has 3 heterocycles. The van der Waals surface area contributed by atoms with Gasteiger partial charge in [0.05, 0.1) is 11.4 Å². The van der Waals surface area contributed by atoms with Crippen molar-refractivity contribution >= 4 is 28.5 Å². The Bertz CT molecular complexity index is 1640. The van der Waals surface area contributed by atoms with Gasteiger partial charge in [-0.2, -0.15) is 0 Å². The van der Waals surface area contributed by atoms with Crippen molar-refractivity contribution in [2.24, 2.45) is 0 Å². The van der Waals surface area contributed by atoms with E-state index in [1.165, 1.54) is 0 Å². The molecule has 182 valence electrons. The molecule has 1 aliphatic heterocycles. The van der Waals surface area contributed by atoms with E-state index in [-0.39, 0.29) is 17.8 Å². The molecule has 5 aromatic rings. The monoisotopic (exact) mass is 489 g/mol. The fraction of sp³-hybridized carbons (Fsp3) is 0.138. The number of aromatic nitrogens is 3. The molecular formula is C29H23N5O3. The summed E-state index contributed by atoms with van der Waals surface area (Å²) in [5.41, 5.74) is 4.05. The number of carbonyl (C=O) groups excluding carboxylic acids is 2. The third-order valence-electron chi connectivity index (χ3n) is 6.59. The van der Waals surface area contributed by atoms with Crippen LogP contribution in [0.1, 0.15) is 37.7 Å². The number of rotatable bonds is 4. The minimum absolute atomic E-state index is 0.142. The van der Waals surface area contributed by atoms with E-state index in [2.05, 4.69) is 20.4 Å². The average Bonchev–Trinajstić information content (AvgIpc) is 3.33. The topological polar surface area (TPSA) is 101 Å². The molecule has 6 rings (SSSR count). The molecule has 0 aliphatic carbocycles. The highest BCUT2D eigenvalue weighted by atomic mass is 16.5. The number of nitrogens with zero attached hydrogens (tertiary/aromatic N) is 4. The second-order valence-electron chi connectivity index (χ2n) is 8.96. The number of amides is 2. The van der Waals surface area contributed by atoms with E-state index >= 15 is 0 Å². The molecular weight excluding hydrogens is 466 g/mol. The zero-order valence-corrected chi connectivity index (χ0v) is 20.1. The Morgan fingerprint density at radius 3 is 2.62 bits per heavy atom. The zero-order chi connectivity index (χ0) is 25.4. The number of fused-ring (bicyclic) bond motifs is 2. The Balaban J connectivity index is 1.21. The van der Waals surface area contributed by atoms with Gasteiger partial charge in [0.1, 0.15) is 5.56 Å². The van der Waals surface area contributed by atoms with Gasteiger partial charge in [-0.25, -0.2) is 9.97 Å². The van der Waals surface area contributed by atoms with Crippen LogP contribution in [0.4, 0.5) is 5.95 Å². The third-order valence-corrected chi connectivity index (χ3v) is 6.59. The first-order chi connectivity index (χ1) is 18.1. The van der Waals surface area contributed by atoms with E-state index in [9.17, 15) is 9.59 Å². The highest BCUT2D eigenvalue weighted by molar-refractivity contribution is 6.12. The number of hydrogen-bond acceptors (Lipinski definition) is 6. The summed E-state index contributed by atoms with van der Waals surface area (Å²) < 4.78 is 5.52. The van der Waals surface area contributed by atoms with Crippen molar-refractivity contribution in [3.05, 3.63) is 107 Å². The molecule has 0 saturated heterocycles. The van der Waals surface area contributed by atoms with Crippen LogP contribution >= 0.6 is 0 Å². The summed E-state index contributed by atoms with van der Waals surface area (Å²) in [6.07, 6.45) is 2.23. The second-order valence-corrected chi connectivity index (χ2v) is 8.96. The van der Waals surface area contributed by atoms with Crippen LogP contribution in [0.15, 0.2) is 83.5 Å². The summed E-state index contributed by atoms with van der Waals surface area (Å²) in [6, 6.07) is 22.8. The standard InChI is InChI=1S/C29H23N5O3/c1-18-25(26(37-33-18)20-9-3-2-4-10-20)28(36)34-15-14-24-21(17-34)16-30-29(31-24)32-27(35)23-13-7-11-19-8-5-6-12-22(19)23/h2-13,16H,14-15,17H2,1H3,(H,30,31,32,35). The average molecular weight is 490 g/mol. The Labute approximate surface area is 213 Å². The Hall–Kier alpha value is -4.85. The summed E-state index contributed by atoms with van der Waals surface area (Å²) >= 11 is 0. The molecule has 8 heteroatoms. The molecule has 0 atom stereocenters. The molecule has 1 N–H and O–H groups in total. The van der Waals surface area contributed by atoms with Gasteiger partial charge in [0.25, 0.3) is 11.8 Å². The van der Waals surface area contributed by atoms with Crippen molar-refractivity contribution in [3.8, 4) is 11.3 Å². The molecule has 1 aliphatic rings. The number of anilines is 1. The number of carbonyl (C=O) groups is 2. The lowest BCUT2D eigenvalue weighted by molar-refractivity contribution is 0.0733. The van der Waals surface area contributed by atoms with Crippen LogP contribution in [0.5, 0.6) is 0 Å². The normalized spacial score (nSPS) is 12.8. The Kier molecular flexibility index (Phi) is 5.69. The van der Waals surface area contributed by atoms with Gasteiger partial charge in [-0.3, -0.25) is 14.9 Å². The molecule has 0 bridgehead atoms. The number of hydrogen-bond donors (Lipinski definition) is 1. The van der Waals surface area contributed by atoms with Gasteiger partial charge in [0.15, 0.2) is 5.76 Å². The van der Waals surface area contributed by atoms with E-state index in [0.717, 1.165) is 27.6 Å². The van der Waals surface area contributed by atoms with Gasteiger partial charge in [0, 0.05) is 42.4 Å². The van der Waals surface area contributed by atoms with Crippen LogP contribution in [0.2, 0.25) is 0 Å². The van der Waals surface area contributed by atoms with Crippen molar-refractivity contribution in [3.63, 3.8) is 0 Å². The van der Waals surface area contributed by atoms with Crippen LogP contribution in [0.25, 0.3) is 22.1 Å². The summed E-state index contributed by atoms with van der Waals surface area (Å²) in [4.78, 5) is 37.2. The smallest absolute Gasteiger partial charge is 0.260 e. The molecule has 37 heavy (non-hydrogen) atoms. The van der Waals surface area contributed by atoms with Gasteiger partial charge in [-0.15, -0.1) is 0 Å². The largest absolute Gasteiger partial charge is 0.355 e. The summed E-state index contributed by atoms with van der Waals surface area (Å²) in [7, 11) is 0. The lowest BCUT2D eigenvalue weighted by atomic mass is 10.0. The Morgan fingerprint density at radius 1 is 0.973 bits per heavy atom. The molecule has 3 aromatic carbocycles. The molecule has 0 saturated carbocycles. The lowest BCUT2D eigenvalue weighted by Gasteiger charge is -2.28. The quantitative estimate of drug-likeness (QED) is 0.379. The van der Waals surface area contributed by atoms with E-state index in [0.29, 0.717) is 42.1 Å². The summed E-state index contributed by atoms with van der Waals surface area (Å²) in [6.45, 7) is 2.62. The maximum Gasteiger partial charge on any atom is 0.260 e. The molecule has 0 spiro atoms. The first-order valence-corrected chi connectivity index (χ1v) is 12.0. The minimum atomic E-state index is -0.263. The molecule has 8 nitrogen and oxygen atoms in total. The van der Waals surface area contributed by atoms with Crippen LogP contribution in [0.3, 0.4) is 0 Å². The van der Waals surface area contributed by atoms with E-state index in [1.807, 2.05) is 66.7 Å². The maximum atomic E-state index is 13.5. The first-order valence-electron chi connectivity index (χ1n) is 12.0. The van der Waals surface area contributed by atoms with Gasteiger partial charge < -0.3 is 9.42 Å². The van der Waals surface area contributed by atoms with Gasteiger partial charge in [0.2, 0.25) is 5.95 Å². The molecule has 0 unspecified atom stereocenters. The van der Waals surface area contributed by atoms with Crippen molar-refractivity contribution in [1.29, 1.82) is 0 Å². The molecule has 0 fully saturated rings. The highest BCUT2D eigenvalue weighted by Crippen LogP contribution is 2.29. The lowest BCUT2D eigenvalue weighted by Crippen LogP contribution is -2.37. The zero-order valence-electron chi connectivity index (χ0n) is 20.1. The van der Waals surface area contributed by atoms with Crippen molar-refractivity contribution in [2.45, 2.75) is 19.9 Å². The highest BCUT2D eigenvalue weighted by Gasteiger charge is 2.29. The fourth-order valence-corrected chi connectivity index (χ4v) is 4.71. The van der Waals surface area contributed by atoms with E-state index < -0.39 is 0 Å². The number of benzene rings is 3. The summed E-state index contributed by atoms with van der Waals surface area (Å²) in [5, 5.41) is 8.74. The maximum absolute atomic E-state index is 13.5. The first kappa shape index (κ1) is 22.6. The Morgan fingerprint density at radius 2 is 1.76 bits per heavy atom. The molecule has 0 radical (unpaired) electrons. The van der Waals surface area contributed by atoms with Crippen molar-refractivity contribution < 1.29 is 14.1 Å². The van der Waals surface area contributed by atoms with Crippen LogP contribution in [-0.4, -0.2) is 38.4 Å². The minimum Gasteiger partial charge on any atom is -0.355 e. The summed E-state index contributed by atoms with van der Waals surface area (Å²) in [5.74, 6) is 0.312. The van der Waals surface area contributed by atoms with Gasteiger partial charge in [-0.05, 0) is 23.8 Å². The molecule has 2 amide bonds. The predicted octanol–water partition coefficient (Wildman–Crippen LogP) is 5.04. The third kappa shape index (κ3) is 4.23. The van der Waals surface area contributed by atoms with Crippen LogP contribution < -0.4 is 5.32 Å². The van der Waals surface area contributed by atoms with Crippen LogP contribution in [-0.2, 0) is 13.0 Å². The number of aryl methyl sites for hydroxylation is 1. The van der Waals surface area contributed by atoms with E-state index in [4.69, 9.17) is 4.52 Å². The van der Waals surface area contributed by atoms with E-state index in [1.54, 1.807) is 24.1 Å². The second kappa shape index (κ2) is 9.31. The fourth-order valence-electron chi connectivity index (χ4n) is 4.71. The van der Waals surface area contributed by atoms with Gasteiger partial charge >= 0.3 is 0 Å². The number of nitrogens with one attached hydrogen (secondary N) is 1. The predicted molar refractivity (Wildman–Crippen MR) is 139 cm³/mol. The van der Waals surface area contributed by atoms with Crippen molar-refractivity contribution in [2.75, 3.05) is 11.9 Å². The van der Waals surface area contributed by atoms with Crippen LogP contribution in [0, 0.1) is 6.92 Å². The molecule has 2 aromatic heterocycles. The van der Waals surface area contributed by atoms with Gasteiger partial charge in [-0.1, -0.05) is 71.9 Å². The SMILES string of the molecule is Cc1noc(-c2ccccc2)c1C(=O)N1CCc2nc(NC(=O)c3cccc4ccccc34)ncc2C1.